The summed E-state index contributed by atoms with van der Waals surface area (Å²) in [7, 11) is 0. The summed E-state index contributed by atoms with van der Waals surface area (Å²) in [6.07, 6.45) is 4.01. The number of benzene rings is 1. The van der Waals surface area contributed by atoms with Crippen molar-refractivity contribution in [3.8, 4) is 0 Å². The second-order valence-electron chi connectivity index (χ2n) is 5.16. The Bertz CT molecular complexity index is 458. The van der Waals surface area contributed by atoms with Gasteiger partial charge in [-0.3, -0.25) is 4.79 Å². The van der Waals surface area contributed by atoms with Crippen molar-refractivity contribution in [3.05, 3.63) is 41.7 Å². The molecule has 0 saturated carbocycles. The van der Waals surface area contributed by atoms with Crippen molar-refractivity contribution in [1.82, 2.24) is 5.32 Å². The van der Waals surface area contributed by atoms with E-state index < -0.39 is 0 Å². The molecule has 0 aliphatic carbocycles. The van der Waals surface area contributed by atoms with Crippen molar-refractivity contribution in [1.29, 1.82) is 0 Å². The molecule has 0 fully saturated rings. The van der Waals surface area contributed by atoms with E-state index in [1.807, 2.05) is 6.92 Å². The molecule has 0 saturated heterocycles. The fourth-order valence-corrected chi connectivity index (χ4v) is 1.94. The summed E-state index contributed by atoms with van der Waals surface area (Å²) in [4.78, 5) is 11.6. The molecule has 4 heteroatoms. The number of amides is 1. The highest BCUT2D eigenvalue weighted by Crippen LogP contribution is 2.06. The van der Waals surface area contributed by atoms with Crippen LogP contribution >= 0.6 is 0 Å². The lowest BCUT2D eigenvalue weighted by atomic mass is 10.0. The summed E-state index contributed by atoms with van der Waals surface area (Å²) in [6, 6.07) is 6.21. The molecule has 20 heavy (non-hydrogen) atoms. The molecule has 3 nitrogen and oxygen atoms in total. The highest BCUT2D eigenvalue weighted by Gasteiger charge is 2.07. The molecule has 1 rings (SSSR count). The van der Waals surface area contributed by atoms with Crippen LogP contribution in [-0.4, -0.2) is 23.7 Å². The molecule has 1 amide bonds. The van der Waals surface area contributed by atoms with Crippen molar-refractivity contribution < 1.29 is 14.3 Å². The number of hydrogen-bond acceptors (Lipinski definition) is 2. The van der Waals surface area contributed by atoms with Gasteiger partial charge in [0.1, 0.15) is 5.82 Å². The Morgan fingerprint density at radius 2 is 2.20 bits per heavy atom. The van der Waals surface area contributed by atoms with Gasteiger partial charge in [-0.25, -0.2) is 4.39 Å². The van der Waals surface area contributed by atoms with E-state index in [4.69, 9.17) is 0 Å². The maximum Gasteiger partial charge on any atom is 0.223 e. The van der Waals surface area contributed by atoms with Crippen LogP contribution in [0.1, 0.15) is 32.3 Å². The van der Waals surface area contributed by atoms with Gasteiger partial charge in [0.25, 0.3) is 0 Å². The Morgan fingerprint density at radius 3 is 2.85 bits per heavy atom. The molecule has 0 aliphatic rings. The van der Waals surface area contributed by atoms with Crippen LogP contribution in [0.5, 0.6) is 0 Å². The number of aliphatic hydroxyl groups excluding tert-OH is 1. The fraction of sp³-hybridized carbons (Fsp3) is 0.438. The molecular weight excluding hydrogens is 257 g/mol. The number of halogens is 1. The lowest BCUT2D eigenvalue weighted by molar-refractivity contribution is -0.120. The van der Waals surface area contributed by atoms with Gasteiger partial charge < -0.3 is 10.4 Å². The van der Waals surface area contributed by atoms with E-state index in [-0.39, 0.29) is 30.2 Å². The molecular formula is C16H22FNO2. The molecule has 0 radical (unpaired) electrons. The SMILES string of the molecule is CC(O)CC(C)CNC(=O)CC=Cc1cccc(F)c1. The molecule has 2 atom stereocenters. The standard InChI is InChI=1S/C16H22FNO2/c1-12(9-13(2)19)11-18-16(20)8-4-6-14-5-3-7-15(17)10-14/h3-7,10,12-13,19H,8-9,11H2,1-2H3,(H,18,20). The predicted octanol–water partition coefficient (Wildman–Crippen LogP) is 2.75. The number of rotatable bonds is 7. The molecule has 2 unspecified atom stereocenters. The third kappa shape index (κ3) is 7.04. The Morgan fingerprint density at radius 1 is 1.45 bits per heavy atom. The van der Waals surface area contributed by atoms with Crippen molar-refractivity contribution in [2.45, 2.75) is 32.8 Å². The van der Waals surface area contributed by atoms with Gasteiger partial charge in [-0.05, 0) is 37.0 Å². The van der Waals surface area contributed by atoms with Gasteiger partial charge in [-0.15, -0.1) is 0 Å². The van der Waals surface area contributed by atoms with E-state index in [9.17, 15) is 14.3 Å². The summed E-state index contributed by atoms with van der Waals surface area (Å²) in [5, 5.41) is 12.0. The van der Waals surface area contributed by atoms with E-state index in [0.717, 1.165) is 5.56 Å². The molecule has 0 aromatic heterocycles. The molecule has 0 aliphatic heterocycles. The minimum Gasteiger partial charge on any atom is -0.393 e. The Labute approximate surface area is 119 Å². The smallest absolute Gasteiger partial charge is 0.223 e. The Hall–Kier alpha value is -1.68. The van der Waals surface area contributed by atoms with Crippen molar-refractivity contribution in [2.24, 2.45) is 5.92 Å². The number of nitrogens with one attached hydrogen (secondary N) is 1. The third-order valence-electron chi connectivity index (χ3n) is 2.85. The topological polar surface area (TPSA) is 49.3 Å². The monoisotopic (exact) mass is 279 g/mol. The molecule has 2 N–H and O–H groups in total. The van der Waals surface area contributed by atoms with Crippen LogP contribution in [0.2, 0.25) is 0 Å². The zero-order valence-electron chi connectivity index (χ0n) is 12.0. The van der Waals surface area contributed by atoms with Crippen LogP contribution in [0.15, 0.2) is 30.3 Å². The number of carbonyl (C=O) groups is 1. The Balaban J connectivity index is 2.29. The summed E-state index contributed by atoms with van der Waals surface area (Å²) >= 11 is 0. The van der Waals surface area contributed by atoms with Crippen LogP contribution in [0.25, 0.3) is 6.08 Å². The first kappa shape index (κ1) is 16.4. The van der Waals surface area contributed by atoms with Crippen molar-refractivity contribution in [2.75, 3.05) is 6.54 Å². The van der Waals surface area contributed by atoms with Crippen LogP contribution in [-0.2, 0) is 4.79 Å². The number of hydrogen-bond donors (Lipinski definition) is 2. The highest BCUT2D eigenvalue weighted by atomic mass is 19.1. The van der Waals surface area contributed by atoms with Gasteiger partial charge in [0.05, 0.1) is 6.10 Å². The average molecular weight is 279 g/mol. The largest absolute Gasteiger partial charge is 0.393 e. The fourth-order valence-electron chi connectivity index (χ4n) is 1.94. The zero-order valence-corrected chi connectivity index (χ0v) is 12.0. The summed E-state index contributed by atoms with van der Waals surface area (Å²) in [5.74, 6) is -0.121. The van der Waals surface area contributed by atoms with Crippen molar-refractivity contribution >= 4 is 12.0 Å². The third-order valence-corrected chi connectivity index (χ3v) is 2.85. The normalized spacial score (nSPS) is 14.2. The maximum absolute atomic E-state index is 12.9. The van der Waals surface area contributed by atoms with E-state index in [1.165, 1.54) is 12.1 Å². The van der Waals surface area contributed by atoms with Gasteiger partial charge in [0, 0.05) is 13.0 Å². The molecule has 1 aromatic rings. The second kappa shape index (κ2) is 8.48. The van der Waals surface area contributed by atoms with Gasteiger partial charge >= 0.3 is 0 Å². The zero-order chi connectivity index (χ0) is 15.0. The summed E-state index contributed by atoms with van der Waals surface area (Å²) < 4.78 is 12.9. The van der Waals surface area contributed by atoms with Gasteiger partial charge in [0.15, 0.2) is 0 Å². The first-order valence-electron chi connectivity index (χ1n) is 6.84. The molecule has 0 bridgehead atoms. The van der Waals surface area contributed by atoms with E-state index in [2.05, 4.69) is 5.32 Å². The van der Waals surface area contributed by atoms with Crippen LogP contribution in [0, 0.1) is 11.7 Å². The molecule has 0 spiro atoms. The summed E-state index contributed by atoms with van der Waals surface area (Å²) in [5.41, 5.74) is 0.736. The quantitative estimate of drug-likeness (QED) is 0.806. The predicted molar refractivity (Wildman–Crippen MR) is 78.5 cm³/mol. The number of carbonyl (C=O) groups excluding carboxylic acids is 1. The van der Waals surface area contributed by atoms with Gasteiger partial charge in [0.2, 0.25) is 5.91 Å². The van der Waals surface area contributed by atoms with Crippen LogP contribution < -0.4 is 5.32 Å². The first-order valence-corrected chi connectivity index (χ1v) is 6.84. The second-order valence-corrected chi connectivity index (χ2v) is 5.16. The van der Waals surface area contributed by atoms with Crippen LogP contribution in [0.3, 0.4) is 0 Å². The minimum absolute atomic E-state index is 0.0740. The summed E-state index contributed by atoms with van der Waals surface area (Å²) in [6.45, 7) is 4.27. The Kier molecular flexibility index (Phi) is 6.94. The first-order chi connectivity index (χ1) is 9.47. The average Bonchev–Trinajstić information content (AvgIpc) is 2.36. The molecule has 1 aromatic carbocycles. The van der Waals surface area contributed by atoms with E-state index in [1.54, 1.807) is 31.2 Å². The molecule has 0 heterocycles. The highest BCUT2D eigenvalue weighted by molar-refractivity contribution is 5.78. The maximum atomic E-state index is 12.9. The lowest BCUT2D eigenvalue weighted by Crippen LogP contribution is -2.28. The van der Waals surface area contributed by atoms with Gasteiger partial charge in [-0.1, -0.05) is 31.2 Å². The minimum atomic E-state index is -0.352. The number of aliphatic hydroxyl groups is 1. The van der Waals surface area contributed by atoms with Crippen molar-refractivity contribution in [3.63, 3.8) is 0 Å². The lowest BCUT2D eigenvalue weighted by Gasteiger charge is -2.13. The van der Waals surface area contributed by atoms with E-state index >= 15 is 0 Å². The van der Waals surface area contributed by atoms with Gasteiger partial charge in [-0.2, -0.15) is 0 Å². The van der Waals surface area contributed by atoms with Crippen LogP contribution in [0.4, 0.5) is 4.39 Å². The molecule has 110 valence electrons. The van der Waals surface area contributed by atoms with E-state index in [0.29, 0.717) is 13.0 Å².